The minimum Gasteiger partial charge on any atom is -0.508 e. The number of rotatable bonds is 10. The Morgan fingerprint density at radius 1 is 0.556 bits per heavy atom. The van der Waals surface area contributed by atoms with Crippen LogP contribution in [0.2, 0.25) is 0 Å². The third-order valence-corrected chi connectivity index (χ3v) is 5.37. The number of aromatic hydroxyl groups is 2. The Bertz CT molecular complexity index is 1140. The van der Waals surface area contributed by atoms with E-state index in [1.165, 1.54) is 48.5 Å². The summed E-state index contributed by atoms with van der Waals surface area (Å²) < 4.78 is 0. The van der Waals surface area contributed by atoms with Crippen molar-refractivity contribution in [3.05, 3.63) is 95.1 Å². The fraction of sp³-hybridized carbons (Fsp3) is 0.154. The smallest absolute Gasteiger partial charge is 0.326 e. The second-order valence-corrected chi connectivity index (χ2v) is 8.05. The van der Waals surface area contributed by atoms with Crippen molar-refractivity contribution in [2.24, 2.45) is 0 Å². The molecule has 3 aromatic rings. The molecule has 0 radical (unpaired) electrons. The molecule has 3 rings (SSSR count). The fourth-order valence-electron chi connectivity index (χ4n) is 3.39. The van der Waals surface area contributed by atoms with Crippen LogP contribution in [0, 0.1) is 0 Å². The van der Waals surface area contributed by atoms with E-state index in [1.54, 1.807) is 24.3 Å². The summed E-state index contributed by atoms with van der Waals surface area (Å²) in [7, 11) is 0. The summed E-state index contributed by atoms with van der Waals surface area (Å²) in [5.74, 6) is -3.73. The van der Waals surface area contributed by atoms with E-state index in [0.29, 0.717) is 11.1 Å². The molecule has 10 nitrogen and oxygen atoms in total. The van der Waals surface area contributed by atoms with E-state index in [9.17, 15) is 39.6 Å². The van der Waals surface area contributed by atoms with Crippen molar-refractivity contribution in [2.75, 3.05) is 0 Å². The zero-order valence-corrected chi connectivity index (χ0v) is 18.9. The van der Waals surface area contributed by atoms with Gasteiger partial charge in [0, 0.05) is 24.0 Å². The van der Waals surface area contributed by atoms with Crippen LogP contribution in [-0.2, 0) is 22.4 Å². The number of carbonyl (C=O) groups excluding carboxylic acids is 2. The molecule has 10 heteroatoms. The first-order chi connectivity index (χ1) is 17.1. The van der Waals surface area contributed by atoms with Gasteiger partial charge in [0.25, 0.3) is 11.8 Å². The molecule has 0 bridgehead atoms. The van der Waals surface area contributed by atoms with Crippen LogP contribution in [0.3, 0.4) is 0 Å². The molecular formula is C26H24N2O8. The molecular weight excluding hydrogens is 468 g/mol. The molecule has 0 heterocycles. The molecule has 0 spiro atoms. The quantitative estimate of drug-likeness (QED) is 0.249. The minimum absolute atomic E-state index is 0.000545. The number of carbonyl (C=O) groups is 4. The second kappa shape index (κ2) is 11.5. The Morgan fingerprint density at radius 2 is 0.861 bits per heavy atom. The summed E-state index contributed by atoms with van der Waals surface area (Å²) in [6.45, 7) is 0. The number of amides is 2. The van der Waals surface area contributed by atoms with Gasteiger partial charge in [0.1, 0.15) is 23.6 Å². The van der Waals surface area contributed by atoms with Crippen molar-refractivity contribution in [3.8, 4) is 11.5 Å². The van der Waals surface area contributed by atoms with Crippen LogP contribution < -0.4 is 10.6 Å². The van der Waals surface area contributed by atoms with Crippen LogP contribution in [0.4, 0.5) is 0 Å². The van der Waals surface area contributed by atoms with Crippen LogP contribution >= 0.6 is 0 Å². The highest BCUT2D eigenvalue weighted by Crippen LogP contribution is 2.14. The highest BCUT2D eigenvalue weighted by molar-refractivity contribution is 6.00. The molecule has 0 saturated carbocycles. The van der Waals surface area contributed by atoms with Crippen LogP contribution in [0.1, 0.15) is 31.8 Å². The van der Waals surface area contributed by atoms with Crippen LogP contribution in [0.5, 0.6) is 11.5 Å². The highest BCUT2D eigenvalue weighted by Gasteiger charge is 2.23. The number of aliphatic carboxylic acids is 2. The average Bonchev–Trinajstić information content (AvgIpc) is 2.85. The normalized spacial score (nSPS) is 12.2. The van der Waals surface area contributed by atoms with Crippen molar-refractivity contribution < 1.29 is 39.6 Å². The Hall–Kier alpha value is -4.86. The number of carboxylic acids is 2. The molecule has 36 heavy (non-hydrogen) atoms. The molecule has 2 atom stereocenters. The average molecular weight is 492 g/mol. The lowest BCUT2D eigenvalue weighted by Crippen LogP contribution is -2.42. The van der Waals surface area contributed by atoms with Gasteiger partial charge in [-0.15, -0.1) is 0 Å². The largest absolute Gasteiger partial charge is 0.508 e. The molecule has 2 unspecified atom stereocenters. The number of hydrogen-bond donors (Lipinski definition) is 6. The summed E-state index contributed by atoms with van der Waals surface area (Å²) in [5.41, 5.74) is 1.44. The van der Waals surface area contributed by atoms with Gasteiger partial charge in [-0.25, -0.2) is 9.59 Å². The standard InChI is InChI=1S/C26H24N2O8/c29-19-9-1-15(2-10-19)13-21(25(33)34)27-23(31)17-5-7-18(8-6-17)24(32)28-22(26(35)36)14-16-3-11-20(30)12-4-16/h1-12,21-22,29-30H,13-14H2,(H,27,31)(H,28,32)(H,33,34)(H,35,36). The van der Waals surface area contributed by atoms with Gasteiger partial charge in [0.15, 0.2) is 0 Å². The summed E-state index contributed by atoms with van der Waals surface area (Å²) in [6.07, 6.45) is -0.00109. The monoisotopic (exact) mass is 492 g/mol. The Balaban J connectivity index is 1.63. The zero-order chi connectivity index (χ0) is 26.2. The summed E-state index contributed by atoms with van der Waals surface area (Å²) in [6, 6.07) is 14.8. The first kappa shape index (κ1) is 25.8. The molecule has 186 valence electrons. The van der Waals surface area contributed by atoms with Crippen LogP contribution in [0.15, 0.2) is 72.8 Å². The summed E-state index contributed by atoms with van der Waals surface area (Å²) in [4.78, 5) is 48.4. The van der Waals surface area contributed by atoms with Gasteiger partial charge in [-0.1, -0.05) is 24.3 Å². The minimum atomic E-state index is -1.24. The van der Waals surface area contributed by atoms with Crippen molar-refractivity contribution in [3.63, 3.8) is 0 Å². The molecule has 0 aliphatic carbocycles. The van der Waals surface area contributed by atoms with E-state index < -0.39 is 35.8 Å². The lowest BCUT2D eigenvalue weighted by atomic mass is 10.0. The van der Waals surface area contributed by atoms with Crippen LogP contribution in [0.25, 0.3) is 0 Å². The number of benzene rings is 3. The number of carboxylic acid groups (broad SMARTS) is 2. The van der Waals surface area contributed by atoms with Gasteiger partial charge in [-0.3, -0.25) is 9.59 Å². The van der Waals surface area contributed by atoms with E-state index in [2.05, 4.69) is 10.6 Å². The number of phenols is 2. The van der Waals surface area contributed by atoms with E-state index in [0.717, 1.165) is 0 Å². The Morgan fingerprint density at radius 3 is 1.14 bits per heavy atom. The van der Waals surface area contributed by atoms with Crippen LogP contribution in [-0.4, -0.2) is 56.3 Å². The Labute approximate surface area is 205 Å². The maximum absolute atomic E-state index is 12.6. The number of nitrogens with one attached hydrogen (secondary N) is 2. The predicted molar refractivity (Wildman–Crippen MR) is 128 cm³/mol. The predicted octanol–water partition coefficient (Wildman–Crippen LogP) is 1.95. The van der Waals surface area contributed by atoms with Gasteiger partial charge >= 0.3 is 11.9 Å². The maximum atomic E-state index is 12.6. The van der Waals surface area contributed by atoms with E-state index >= 15 is 0 Å². The highest BCUT2D eigenvalue weighted by atomic mass is 16.4. The van der Waals surface area contributed by atoms with Gasteiger partial charge in [-0.2, -0.15) is 0 Å². The van der Waals surface area contributed by atoms with Gasteiger partial charge in [-0.05, 0) is 59.7 Å². The molecule has 6 N–H and O–H groups in total. The fourth-order valence-corrected chi connectivity index (χ4v) is 3.39. The molecule has 0 aliphatic heterocycles. The van der Waals surface area contributed by atoms with Gasteiger partial charge in [0.05, 0.1) is 0 Å². The lowest BCUT2D eigenvalue weighted by Gasteiger charge is -2.16. The molecule has 0 fully saturated rings. The first-order valence-electron chi connectivity index (χ1n) is 10.9. The Kier molecular flexibility index (Phi) is 8.24. The lowest BCUT2D eigenvalue weighted by molar-refractivity contribution is -0.140. The molecule has 0 aromatic heterocycles. The van der Waals surface area contributed by atoms with Gasteiger partial charge in [0.2, 0.25) is 0 Å². The van der Waals surface area contributed by atoms with E-state index in [-0.39, 0.29) is 35.5 Å². The second-order valence-electron chi connectivity index (χ2n) is 8.05. The molecule has 2 amide bonds. The molecule has 0 aliphatic rings. The summed E-state index contributed by atoms with van der Waals surface area (Å²) >= 11 is 0. The van der Waals surface area contributed by atoms with E-state index in [1.807, 2.05) is 0 Å². The first-order valence-corrected chi connectivity index (χ1v) is 10.9. The third-order valence-electron chi connectivity index (χ3n) is 5.37. The molecule has 0 saturated heterocycles. The van der Waals surface area contributed by atoms with Gasteiger partial charge < -0.3 is 31.1 Å². The maximum Gasteiger partial charge on any atom is 0.326 e. The van der Waals surface area contributed by atoms with Crippen molar-refractivity contribution >= 4 is 23.8 Å². The van der Waals surface area contributed by atoms with Crippen molar-refractivity contribution in [1.29, 1.82) is 0 Å². The number of phenolic OH excluding ortho intramolecular Hbond substituents is 2. The van der Waals surface area contributed by atoms with Crippen molar-refractivity contribution in [1.82, 2.24) is 10.6 Å². The molecule has 3 aromatic carbocycles. The summed E-state index contributed by atoms with van der Waals surface area (Å²) in [5, 5.41) is 42.5. The van der Waals surface area contributed by atoms with E-state index in [4.69, 9.17) is 0 Å². The SMILES string of the molecule is O=C(NC(Cc1ccc(O)cc1)C(=O)O)c1ccc(C(=O)NC(Cc2ccc(O)cc2)C(=O)O)cc1. The van der Waals surface area contributed by atoms with Crippen molar-refractivity contribution in [2.45, 2.75) is 24.9 Å². The number of hydrogen-bond acceptors (Lipinski definition) is 6. The third kappa shape index (κ3) is 7.07. The zero-order valence-electron chi connectivity index (χ0n) is 18.9. The topological polar surface area (TPSA) is 173 Å².